The van der Waals surface area contributed by atoms with Crippen LogP contribution in [0.15, 0.2) is 30.5 Å². The molecule has 2 rings (SSSR count). The van der Waals surface area contributed by atoms with E-state index in [1.165, 1.54) is 0 Å². The molecule has 0 aromatic carbocycles. The van der Waals surface area contributed by atoms with Gasteiger partial charge in [-0.1, -0.05) is 13.0 Å². The molecule has 0 aliphatic heterocycles. The van der Waals surface area contributed by atoms with Crippen LogP contribution in [0, 0.1) is 6.92 Å². The first-order chi connectivity index (χ1) is 8.28. The van der Waals surface area contributed by atoms with E-state index in [4.69, 9.17) is 0 Å². The van der Waals surface area contributed by atoms with Crippen LogP contribution in [-0.2, 0) is 13.1 Å². The summed E-state index contributed by atoms with van der Waals surface area (Å²) in [6.07, 6.45) is 1.98. The number of hydrogen-bond donors (Lipinski definition) is 1. The van der Waals surface area contributed by atoms with E-state index in [1.54, 1.807) is 0 Å². The summed E-state index contributed by atoms with van der Waals surface area (Å²) in [4.78, 5) is 4.59. The monoisotopic (exact) mass is 230 g/mol. The van der Waals surface area contributed by atoms with Crippen LogP contribution in [0.3, 0.4) is 0 Å². The summed E-state index contributed by atoms with van der Waals surface area (Å²) in [6, 6.07) is 8.13. The Morgan fingerprint density at radius 1 is 1.24 bits per heavy atom. The molecule has 0 fully saturated rings. The van der Waals surface area contributed by atoms with Crippen molar-refractivity contribution in [2.45, 2.75) is 26.9 Å². The Kier molecular flexibility index (Phi) is 3.88. The smallest absolute Gasteiger partial charge is 0.0831 e. The molecule has 0 saturated heterocycles. The fourth-order valence-electron chi connectivity index (χ4n) is 1.69. The van der Waals surface area contributed by atoms with E-state index in [0.29, 0.717) is 0 Å². The number of pyridine rings is 1. The lowest BCUT2D eigenvalue weighted by Gasteiger charge is -2.05. The summed E-state index contributed by atoms with van der Waals surface area (Å²) in [5, 5.41) is 7.63. The second-order valence-electron chi connectivity index (χ2n) is 4.06. The van der Waals surface area contributed by atoms with E-state index >= 15 is 0 Å². The molecule has 2 aromatic heterocycles. The minimum Gasteiger partial charge on any atom is -0.311 e. The topological polar surface area (TPSA) is 42.7 Å². The zero-order valence-corrected chi connectivity index (χ0v) is 10.3. The van der Waals surface area contributed by atoms with Crippen molar-refractivity contribution in [3.05, 3.63) is 47.5 Å². The predicted molar refractivity (Wildman–Crippen MR) is 67.7 cm³/mol. The van der Waals surface area contributed by atoms with Gasteiger partial charge in [-0.05, 0) is 31.7 Å². The highest BCUT2D eigenvalue weighted by Gasteiger charge is 2.00. The molecule has 4 heteroatoms. The first kappa shape index (κ1) is 11.8. The number of aromatic nitrogens is 3. The van der Waals surface area contributed by atoms with Crippen LogP contribution in [0.2, 0.25) is 0 Å². The largest absolute Gasteiger partial charge is 0.311 e. The van der Waals surface area contributed by atoms with E-state index in [2.05, 4.69) is 22.3 Å². The summed E-state index contributed by atoms with van der Waals surface area (Å²) in [6.45, 7) is 6.60. The Labute approximate surface area is 102 Å². The summed E-state index contributed by atoms with van der Waals surface area (Å²) in [5.74, 6) is 0. The van der Waals surface area contributed by atoms with Gasteiger partial charge in [0.1, 0.15) is 0 Å². The summed E-state index contributed by atoms with van der Waals surface area (Å²) >= 11 is 0. The van der Waals surface area contributed by atoms with Crippen molar-refractivity contribution in [2.24, 2.45) is 0 Å². The molecule has 1 N–H and O–H groups in total. The Morgan fingerprint density at radius 3 is 2.76 bits per heavy atom. The van der Waals surface area contributed by atoms with Crippen LogP contribution >= 0.6 is 0 Å². The number of rotatable bonds is 5. The lowest BCUT2D eigenvalue weighted by Crippen LogP contribution is -2.14. The molecule has 90 valence electrons. The molecule has 17 heavy (non-hydrogen) atoms. The molecule has 0 unspecified atom stereocenters. The maximum atomic E-state index is 4.59. The van der Waals surface area contributed by atoms with E-state index in [-0.39, 0.29) is 0 Å². The fraction of sp³-hybridized carbons (Fsp3) is 0.385. The molecule has 0 spiro atoms. The van der Waals surface area contributed by atoms with Gasteiger partial charge in [-0.3, -0.25) is 9.67 Å². The molecule has 0 aliphatic rings. The Morgan fingerprint density at radius 2 is 2.06 bits per heavy atom. The van der Waals surface area contributed by atoms with Crippen LogP contribution in [0.25, 0.3) is 0 Å². The van der Waals surface area contributed by atoms with Crippen molar-refractivity contribution >= 4 is 0 Å². The minimum absolute atomic E-state index is 0.730. The van der Waals surface area contributed by atoms with E-state index in [9.17, 15) is 0 Å². The third kappa shape index (κ3) is 3.39. The Balaban J connectivity index is 2.05. The molecule has 0 amide bonds. The van der Waals surface area contributed by atoms with Gasteiger partial charge in [0.05, 0.1) is 23.6 Å². The van der Waals surface area contributed by atoms with Crippen molar-refractivity contribution in [3.8, 4) is 0 Å². The lowest BCUT2D eigenvalue weighted by atomic mass is 10.3. The number of nitrogens with one attached hydrogen (secondary N) is 1. The Hall–Kier alpha value is -1.68. The van der Waals surface area contributed by atoms with Crippen molar-refractivity contribution < 1.29 is 0 Å². The van der Waals surface area contributed by atoms with Gasteiger partial charge in [-0.25, -0.2) is 0 Å². The van der Waals surface area contributed by atoms with E-state index < -0.39 is 0 Å². The summed E-state index contributed by atoms with van der Waals surface area (Å²) in [7, 11) is 0. The maximum Gasteiger partial charge on any atom is 0.0831 e. The third-order valence-electron chi connectivity index (χ3n) is 2.52. The summed E-state index contributed by atoms with van der Waals surface area (Å²) in [5.41, 5.74) is 3.16. The average Bonchev–Trinajstić information content (AvgIpc) is 2.73. The second kappa shape index (κ2) is 5.59. The molecule has 2 aromatic rings. The zero-order valence-electron chi connectivity index (χ0n) is 10.3. The van der Waals surface area contributed by atoms with Gasteiger partial charge in [0.2, 0.25) is 0 Å². The maximum absolute atomic E-state index is 4.59. The molecule has 0 atom stereocenters. The van der Waals surface area contributed by atoms with Crippen molar-refractivity contribution in [3.63, 3.8) is 0 Å². The number of nitrogens with zero attached hydrogens (tertiary/aromatic N) is 3. The van der Waals surface area contributed by atoms with Gasteiger partial charge in [-0.2, -0.15) is 5.10 Å². The highest BCUT2D eigenvalue weighted by Crippen LogP contribution is 2.02. The molecular formula is C13H18N4. The van der Waals surface area contributed by atoms with Gasteiger partial charge in [-0.15, -0.1) is 0 Å². The summed E-state index contributed by atoms with van der Waals surface area (Å²) < 4.78 is 1.91. The lowest BCUT2D eigenvalue weighted by molar-refractivity contribution is 0.654. The van der Waals surface area contributed by atoms with Crippen molar-refractivity contribution in [2.75, 3.05) is 6.54 Å². The molecule has 0 radical (unpaired) electrons. The van der Waals surface area contributed by atoms with Gasteiger partial charge in [0, 0.05) is 12.7 Å². The first-order valence-electron chi connectivity index (χ1n) is 5.93. The highest BCUT2D eigenvalue weighted by atomic mass is 15.3. The fourth-order valence-corrected chi connectivity index (χ4v) is 1.69. The van der Waals surface area contributed by atoms with Gasteiger partial charge >= 0.3 is 0 Å². The zero-order chi connectivity index (χ0) is 12.1. The third-order valence-corrected chi connectivity index (χ3v) is 2.52. The van der Waals surface area contributed by atoms with Gasteiger partial charge in [0.25, 0.3) is 0 Å². The molecular weight excluding hydrogens is 212 g/mol. The van der Waals surface area contributed by atoms with Gasteiger partial charge < -0.3 is 5.32 Å². The molecule has 4 nitrogen and oxygen atoms in total. The minimum atomic E-state index is 0.730. The molecule has 2 heterocycles. The first-order valence-corrected chi connectivity index (χ1v) is 5.93. The van der Waals surface area contributed by atoms with Crippen LogP contribution in [0.4, 0.5) is 0 Å². The average molecular weight is 230 g/mol. The number of hydrogen-bond acceptors (Lipinski definition) is 3. The van der Waals surface area contributed by atoms with Gasteiger partial charge in [0.15, 0.2) is 0 Å². The number of aryl methyl sites for hydroxylation is 1. The second-order valence-corrected chi connectivity index (χ2v) is 4.06. The molecule has 0 saturated carbocycles. The van der Waals surface area contributed by atoms with Crippen molar-refractivity contribution in [1.82, 2.24) is 20.1 Å². The SMILES string of the molecule is CCNCc1cccc(Cn2ccc(C)n2)n1. The normalized spacial score (nSPS) is 10.7. The highest BCUT2D eigenvalue weighted by molar-refractivity contribution is 5.11. The van der Waals surface area contributed by atoms with Crippen molar-refractivity contribution in [1.29, 1.82) is 0 Å². The van der Waals surface area contributed by atoms with E-state index in [0.717, 1.165) is 36.7 Å². The van der Waals surface area contributed by atoms with Crippen LogP contribution < -0.4 is 5.32 Å². The molecule has 0 aliphatic carbocycles. The molecule has 0 bridgehead atoms. The van der Waals surface area contributed by atoms with E-state index in [1.807, 2.05) is 42.1 Å². The van der Waals surface area contributed by atoms with Crippen LogP contribution in [-0.4, -0.2) is 21.3 Å². The standard InChI is InChI=1S/C13H18N4/c1-3-14-9-12-5-4-6-13(15-12)10-17-8-7-11(2)16-17/h4-8,14H,3,9-10H2,1-2H3. The predicted octanol–water partition coefficient (Wildman–Crippen LogP) is 1.74. The quantitative estimate of drug-likeness (QED) is 0.851. The van der Waals surface area contributed by atoms with Crippen LogP contribution in [0.5, 0.6) is 0 Å². The Bertz CT molecular complexity index is 476. The van der Waals surface area contributed by atoms with Crippen LogP contribution in [0.1, 0.15) is 24.0 Å².